The highest BCUT2D eigenvalue weighted by molar-refractivity contribution is 5.97. The molecule has 0 bridgehead atoms. The van der Waals surface area contributed by atoms with Crippen molar-refractivity contribution in [3.63, 3.8) is 0 Å². The summed E-state index contributed by atoms with van der Waals surface area (Å²) in [6.07, 6.45) is 1.50. The van der Waals surface area contributed by atoms with E-state index < -0.39 is 5.60 Å². The lowest BCUT2D eigenvalue weighted by Gasteiger charge is -2.24. The van der Waals surface area contributed by atoms with Gasteiger partial charge < -0.3 is 19.9 Å². The van der Waals surface area contributed by atoms with Gasteiger partial charge in [-0.25, -0.2) is 0 Å². The first-order valence-corrected chi connectivity index (χ1v) is 6.93. The zero-order valence-corrected chi connectivity index (χ0v) is 11.9. The molecule has 0 fully saturated rings. The molecular weight excluding hydrogens is 258 g/mol. The summed E-state index contributed by atoms with van der Waals surface area (Å²) in [6, 6.07) is 5.22. The Morgan fingerprint density at radius 1 is 1.40 bits per heavy atom. The van der Waals surface area contributed by atoms with E-state index >= 15 is 0 Å². The van der Waals surface area contributed by atoms with E-state index in [1.54, 1.807) is 25.1 Å². The predicted octanol–water partition coefficient (Wildman–Crippen LogP) is 1.74. The Kier molecular flexibility index (Phi) is 4.49. The van der Waals surface area contributed by atoms with E-state index in [-0.39, 0.29) is 12.5 Å². The molecular formula is C15H21NO4. The number of rotatable bonds is 5. The SMILES string of the molecule is CCC[C@@](C)(O)CNC(=O)c1cccc2c1OCCO2. The zero-order valence-electron chi connectivity index (χ0n) is 11.9. The molecule has 5 nitrogen and oxygen atoms in total. The van der Waals surface area contributed by atoms with Gasteiger partial charge in [-0.15, -0.1) is 0 Å². The molecule has 5 heteroatoms. The van der Waals surface area contributed by atoms with Gasteiger partial charge in [0.15, 0.2) is 11.5 Å². The van der Waals surface area contributed by atoms with Crippen molar-refractivity contribution in [1.82, 2.24) is 5.32 Å². The summed E-state index contributed by atoms with van der Waals surface area (Å²) in [4.78, 5) is 12.2. The summed E-state index contributed by atoms with van der Waals surface area (Å²) in [5.41, 5.74) is -0.453. The highest BCUT2D eigenvalue weighted by Gasteiger charge is 2.23. The number of benzene rings is 1. The van der Waals surface area contributed by atoms with E-state index in [4.69, 9.17) is 9.47 Å². The second kappa shape index (κ2) is 6.13. The van der Waals surface area contributed by atoms with Crippen LogP contribution in [0, 0.1) is 0 Å². The minimum Gasteiger partial charge on any atom is -0.486 e. The molecule has 1 aromatic rings. The van der Waals surface area contributed by atoms with Gasteiger partial charge in [0, 0.05) is 6.54 Å². The molecule has 1 aromatic carbocycles. The van der Waals surface area contributed by atoms with E-state index in [2.05, 4.69) is 5.32 Å². The third-order valence-electron chi connectivity index (χ3n) is 3.23. The maximum absolute atomic E-state index is 12.2. The first-order chi connectivity index (χ1) is 9.53. The second-order valence-corrected chi connectivity index (χ2v) is 5.26. The van der Waals surface area contributed by atoms with E-state index in [0.29, 0.717) is 36.7 Å². The van der Waals surface area contributed by atoms with Crippen LogP contribution in [-0.2, 0) is 0 Å². The smallest absolute Gasteiger partial charge is 0.255 e. The van der Waals surface area contributed by atoms with Crippen molar-refractivity contribution < 1.29 is 19.4 Å². The molecule has 0 aliphatic carbocycles. The number of hydrogen-bond donors (Lipinski definition) is 2. The second-order valence-electron chi connectivity index (χ2n) is 5.26. The van der Waals surface area contributed by atoms with E-state index in [1.165, 1.54) is 0 Å². The standard InChI is InChI=1S/C15H21NO4/c1-3-7-15(2,18)10-16-14(17)11-5-4-6-12-13(11)20-9-8-19-12/h4-6,18H,3,7-10H2,1-2H3,(H,16,17)/t15-/m1/s1. The third kappa shape index (κ3) is 3.42. The van der Waals surface area contributed by atoms with Gasteiger partial charge in [-0.1, -0.05) is 19.4 Å². The number of fused-ring (bicyclic) bond motifs is 1. The highest BCUT2D eigenvalue weighted by Crippen LogP contribution is 2.33. The topological polar surface area (TPSA) is 67.8 Å². The van der Waals surface area contributed by atoms with Crippen LogP contribution >= 0.6 is 0 Å². The lowest BCUT2D eigenvalue weighted by molar-refractivity contribution is 0.0468. The van der Waals surface area contributed by atoms with Crippen molar-refractivity contribution >= 4 is 5.91 Å². The molecule has 2 N–H and O–H groups in total. The van der Waals surface area contributed by atoms with Crippen molar-refractivity contribution in [3.05, 3.63) is 23.8 Å². The molecule has 0 unspecified atom stereocenters. The average molecular weight is 279 g/mol. The summed E-state index contributed by atoms with van der Waals surface area (Å²) in [7, 11) is 0. The van der Waals surface area contributed by atoms with E-state index in [9.17, 15) is 9.90 Å². The molecule has 0 saturated heterocycles. The van der Waals surface area contributed by atoms with Gasteiger partial charge >= 0.3 is 0 Å². The van der Waals surface area contributed by atoms with Crippen LogP contribution in [0.5, 0.6) is 11.5 Å². The normalized spacial score (nSPS) is 16.4. The molecule has 1 amide bonds. The lowest BCUT2D eigenvalue weighted by Crippen LogP contribution is -2.40. The van der Waals surface area contributed by atoms with Crippen LogP contribution in [0.1, 0.15) is 37.0 Å². The maximum Gasteiger partial charge on any atom is 0.255 e. The molecule has 0 aromatic heterocycles. The van der Waals surface area contributed by atoms with E-state index in [1.807, 2.05) is 6.92 Å². The van der Waals surface area contributed by atoms with Gasteiger partial charge in [0.25, 0.3) is 5.91 Å². The minimum atomic E-state index is -0.892. The number of hydrogen-bond acceptors (Lipinski definition) is 4. The van der Waals surface area contributed by atoms with Crippen LogP contribution in [0.4, 0.5) is 0 Å². The molecule has 1 aliphatic heterocycles. The molecule has 0 saturated carbocycles. The van der Waals surface area contributed by atoms with Crippen molar-refractivity contribution in [2.24, 2.45) is 0 Å². The molecule has 1 aliphatic rings. The number of ether oxygens (including phenoxy) is 2. The maximum atomic E-state index is 12.2. The Morgan fingerprint density at radius 2 is 2.15 bits per heavy atom. The summed E-state index contributed by atoms with van der Waals surface area (Å²) < 4.78 is 11.0. The number of para-hydroxylation sites is 1. The first kappa shape index (κ1) is 14.7. The van der Waals surface area contributed by atoms with Crippen LogP contribution in [0.15, 0.2) is 18.2 Å². The Morgan fingerprint density at radius 3 is 2.90 bits per heavy atom. The predicted molar refractivity (Wildman–Crippen MR) is 75.3 cm³/mol. The number of nitrogens with one attached hydrogen (secondary N) is 1. The van der Waals surface area contributed by atoms with Gasteiger partial charge in [0.1, 0.15) is 13.2 Å². The largest absolute Gasteiger partial charge is 0.486 e. The molecule has 20 heavy (non-hydrogen) atoms. The van der Waals surface area contributed by atoms with Crippen LogP contribution in [0.3, 0.4) is 0 Å². The van der Waals surface area contributed by atoms with Crippen LogP contribution in [0.25, 0.3) is 0 Å². The number of amides is 1. The highest BCUT2D eigenvalue weighted by atomic mass is 16.6. The summed E-state index contributed by atoms with van der Waals surface area (Å²) in [5, 5.41) is 12.8. The Bertz CT molecular complexity index is 485. The van der Waals surface area contributed by atoms with Crippen molar-refractivity contribution in [1.29, 1.82) is 0 Å². The quantitative estimate of drug-likeness (QED) is 0.861. The average Bonchev–Trinajstić information content (AvgIpc) is 2.44. The minimum absolute atomic E-state index is 0.212. The summed E-state index contributed by atoms with van der Waals surface area (Å²) in [6.45, 7) is 4.85. The number of carbonyl (C=O) groups excluding carboxylic acids is 1. The zero-order chi connectivity index (χ0) is 14.6. The molecule has 1 heterocycles. The van der Waals surface area contributed by atoms with Crippen LogP contribution < -0.4 is 14.8 Å². The summed E-state index contributed by atoms with van der Waals surface area (Å²) in [5.74, 6) is 0.805. The number of carbonyl (C=O) groups is 1. The fourth-order valence-corrected chi connectivity index (χ4v) is 2.25. The van der Waals surface area contributed by atoms with E-state index in [0.717, 1.165) is 6.42 Å². The lowest BCUT2D eigenvalue weighted by atomic mass is 10.0. The molecule has 2 rings (SSSR count). The Hall–Kier alpha value is -1.75. The van der Waals surface area contributed by atoms with Crippen molar-refractivity contribution in [3.8, 4) is 11.5 Å². The van der Waals surface area contributed by atoms with Crippen LogP contribution in [-0.4, -0.2) is 36.4 Å². The fourth-order valence-electron chi connectivity index (χ4n) is 2.25. The molecule has 110 valence electrons. The monoisotopic (exact) mass is 279 g/mol. The molecule has 0 spiro atoms. The molecule has 1 atom stereocenters. The fraction of sp³-hybridized carbons (Fsp3) is 0.533. The van der Waals surface area contributed by atoms with Gasteiger partial charge in [-0.05, 0) is 25.5 Å². The van der Waals surface area contributed by atoms with Crippen molar-refractivity contribution in [2.45, 2.75) is 32.3 Å². The Labute approximate surface area is 118 Å². The summed E-state index contributed by atoms with van der Waals surface area (Å²) >= 11 is 0. The van der Waals surface area contributed by atoms with Gasteiger partial charge in [0.05, 0.1) is 11.2 Å². The van der Waals surface area contributed by atoms with Crippen molar-refractivity contribution in [2.75, 3.05) is 19.8 Å². The van der Waals surface area contributed by atoms with Gasteiger partial charge in [-0.2, -0.15) is 0 Å². The molecule has 0 radical (unpaired) electrons. The first-order valence-electron chi connectivity index (χ1n) is 6.93. The van der Waals surface area contributed by atoms with Gasteiger partial charge in [-0.3, -0.25) is 4.79 Å². The Balaban J connectivity index is 2.06. The third-order valence-corrected chi connectivity index (χ3v) is 3.23. The van der Waals surface area contributed by atoms with Gasteiger partial charge in [0.2, 0.25) is 0 Å². The van der Waals surface area contributed by atoms with Crippen LogP contribution in [0.2, 0.25) is 0 Å². The number of aliphatic hydroxyl groups is 1.